The molecular formula is C15H30N4O3S. The van der Waals surface area contributed by atoms with Gasteiger partial charge in [0.15, 0.2) is 0 Å². The van der Waals surface area contributed by atoms with Gasteiger partial charge in [-0.3, -0.25) is 0 Å². The van der Waals surface area contributed by atoms with Gasteiger partial charge in [-0.15, -0.1) is 0 Å². The molecule has 1 aliphatic heterocycles. The lowest BCUT2D eigenvalue weighted by molar-refractivity contribution is 0.203. The molecule has 1 aliphatic carbocycles. The highest BCUT2D eigenvalue weighted by atomic mass is 32.2. The van der Waals surface area contributed by atoms with Crippen LogP contribution in [0.5, 0.6) is 0 Å². The van der Waals surface area contributed by atoms with Crippen LogP contribution in [0, 0.1) is 0 Å². The number of hydrogen-bond acceptors (Lipinski definition) is 4. The average molecular weight is 346 g/mol. The highest BCUT2D eigenvalue weighted by molar-refractivity contribution is 7.90. The summed E-state index contributed by atoms with van der Waals surface area (Å²) in [4.78, 5) is 16.2. The minimum atomic E-state index is -3.35. The molecule has 23 heavy (non-hydrogen) atoms. The number of nitrogens with one attached hydrogen (secondary N) is 2. The van der Waals surface area contributed by atoms with Crippen molar-refractivity contribution in [2.75, 3.05) is 27.2 Å². The SMILES string of the molecule is CC(C)NS(=O)(=O)[C@@H]1CCN(C(=O)N[C@@H]2CC[C@H](N(C)C)C2)C1. The summed E-state index contributed by atoms with van der Waals surface area (Å²) in [5.41, 5.74) is 0. The number of likely N-dealkylation sites (tertiary alicyclic amines) is 1. The molecule has 8 heteroatoms. The van der Waals surface area contributed by atoms with Crippen LogP contribution in [0.15, 0.2) is 0 Å². The molecule has 0 bridgehead atoms. The van der Waals surface area contributed by atoms with Crippen molar-refractivity contribution in [3.05, 3.63) is 0 Å². The maximum atomic E-state index is 12.4. The zero-order valence-electron chi connectivity index (χ0n) is 14.6. The first kappa shape index (κ1) is 18.5. The van der Waals surface area contributed by atoms with E-state index >= 15 is 0 Å². The van der Waals surface area contributed by atoms with Crippen LogP contribution in [0.1, 0.15) is 39.5 Å². The second-order valence-corrected chi connectivity index (χ2v) is 9.24. The van der Waals surface area contributed by atoms with E-state index in [4.69, 9.17) is 0 Å². The van der Waals surface area contributed by atoms with Gasteiger partial charge in [0.25, 0.3) is 0 Å². The molecule has 1 saturated heterocycles. The molecule has 3 atom stereocenters. The van der Waals surface area contributed by atoms with Crippen molar-refractivity contribution in [3.63, 3.8) is 0 Å². The number of sulfonamides is 1. The van der Waals surface area contributed by atoms with Crippen molar-refractivity contribution in [3.8, 4) is 0 Å². The number of hydrogen-bond donors (Lipinski definition) is 2. The number of amides is 2. The van der Waals surface area contributed by atoms with E-state index in [1.807, 2.05) is 0 Å². The lowest BCUT2D eigenvalue weighted by Crippen LogP contribution is -2.45. The van der Waals surface area contributed by atoms with Crippen molar-refractivity contribution >= 4 is 16.1 Å². The minimum absolute atomic E-state index is 0.121. The second kappa shape index (κ2) is 7.36. The molecule has 2 rings (SSSR count). The smallest absolute Gasteiger partial charge is 0.317 e. The van der Waals surface area contributed by atoms with Crippen LogP contribution in [0.3, 0.4) is 0 Å². The summed E-state index contributed by atoms with van der Waals surface area (Å²) < 4.78 is 27.0. The first-order valence-electron chi connectivity index (χ1n) is 8.42. The van der Waals surface area contributed by atoms with Gasteiger partial charge < -0.3 is 15.1 Å². The Morgan fingerprint density at radius 2 is 1.91 bits per heavy atom. The maximum absolute atomic E-state index is 12.4. The van der Waals surface area contributed by atoms with Crippen LogP contribution >= 0.6 is 0 Å². The average Bonchev–Trinajstić information content (AvgIpc) is 3.05. The fourth-order valence-corrected chi connectivity index (χ4v) is 5.06. The summed E-state index contributed by atoms with van der Waals surface area (Å²) in [6.07, 6.45) is 3.54. The summed E-state index contributed by atoms with van der Waals surface area (Å²) >= 11 is 0. The fourth-order valence-electron chi connectivity index (χ4n) is 3.41. The zero-order chi connectivity index (χ0) is 17.2. The Morgan fingerprint density at radius 3 is 2.48 bits per heavy atom. The standard InChI is InChI=1S/C15H30N4O3S/c1-11(2)17-23(21,22)14-7-8-19(10-14)15(20)16-12-5-6-13(9-12)18(3)4/h11-14,17H,5-10H2,1-4H3,(H,16,20)/t12-,13+,14-/m1/s1. The third kappa shape index (κ3) is 4.81. The predicted octanol–water partition coefficient (Wildman–Crippen LogP) is 0.581. The quantitative estimate of drug-likeness (QED) is 0.763. The topological polar surface area (TPSA) is 81.8 Å². The van der Waals surface area contributed by atoms with Crippen LogP contribution in [0.4, 0.5) is 4.79 Å². The summed E-state index contributed by atoms with van der Waals surface area (Å²) in [7, 11) is 0.773. The Labute approximate surface area is 139 Å². The van der Waals surface area contributed by atoms with Crippen molar-refractivity contribution in [2.45, 2.75) is 62.9 Å². The van der Waals surface area contributed by atoms with Crippen molar-refractivity contribution in [2.24, 2.45) is 0 Å². The molecule has 2 fully saturated rings. The molecule has 2 aliphatic rings. The van der Waals surface area contributed by atoms with Crippen LogP contribution in [0.25, 0.3) is 0 Å². The van der Waals surface area contributed by atoms with E-state index in [0.29, 0.717) is 19.0 Å². The normalized spacial score (nSPS) is 28.8. The van der Waals surface area contributed by atoms with Crippen molar-refractivity contribution in [1.29, 1.82) is 0 Å². The van der Waals surface area contributed by atoms with Crippen LogP contribution in [-0.2, 0) is 10.0 Å². The molecule has 1 saturated carbocycles. The number of carbonyl (C=O) groups excluding carboxylic acids is 1. The summed E-state index contributed by atoms with van der Waals surface area (Å²) in [6.45, 7) is 4.38. The molecule has 2 N–H and O–H groups in total. The largest absolute Gasteiger partial charge is 0.335 e. The van der Waals surface area contributed by atoms with Crippen LogP contribution in [0.2, 0.25) is 0 Å². The maximum Gasteiger partial charge on any atom is 0.317 e. The molecule has 134 valence electrons. The number of carbonyl (C=O) groups is 1. The van der Waals surface area contributed by atoms with Gasteiger partial charge in [-0.25, -0.2) is 17.9 Å². The van der Waals surface area contributed by atoms with E-state index in [-0.39, 0.29) is 24.7 Å². The third-order valence-corrected chi connectivity index (χ3v) is 6.80. The van der Waals surface area contributed by atoms with Gasteiger partial charge in [-0.05, 0) is 53.6 Å². The number of rotatable bonds is 5. The van der Waals surface area contributed by atoms with Crippen LogP contribution < -0.4 is 10.0 Å². The second-order valence-electron chi connectivity index (χ2n) is 7.25. The molecule has 0 aromatic rings. The molecule has 0 aromatic heterocycles. The minimum Gasteiger partial charge on any atom is -0.335 e. The van der Waals surface area contributed by atoms with Crippen molar-refractivity contribution < 1.29 is 13.2 Å². The van der Waals surface area contributed by atoms with Gasteiger partial charge in [0.05, 0.1) is 5.25 Å². The Kier molecular flexibility index (Phi) is 5.91. The summed E-state index contributed by atoms with van der Waals surface area (Å²) in [6, 6.07) is 0.461. The van der Waals surface area contributed by atoms with Gasteiger partial charge in [-0.1, -0.05) is 0 Å². The van der Waals surface area contributed by atoms with Gasteiger partial charge in [0.1, 0.15) is 0 Å². The monoisotopic (exact) mass is 346 g/mol. The predicted molar refractivity (Wildman–Crippen MR) is 90.8 cm³/mol. The summed E-state index contributed by atoms with van der Waals surface area (Å²) in [5, 5.41) is 2.56. The molecule has 0 radical (unpaired) electrons. The van der Waals surface area contributed by atoms with E-state index in [0.717, 1.165) is 19.3 Å². The Morgan fingerprint density at radius 1 is 1.22 bits per heavy atom. The van der Waals surface area contributed by atoms with Gasteiger partial charge >= 0.3 is 6.03 Å². The van der Waals surface area contributed by atoms with E-state index in [2.05, 4.69) is 29.0 Å². The fraction of sp³-hybridized carbons (Fsp3) is 0.933. The molecule has 0 spiro atoms. The highest BCUT2D eigenvalue weighted by Crippen LogP contribution is 2.23. The molecule has 2 amide bonds. The van der Waals surface area contributed by atoms with E-state index in [1.165, 1.54) is 0 Å². The number of urea groups is 1. The highest BCUT2D eigenvalue weighted by Gasteiger charge is 2.36. The molecule has 0 aromatic carbocycles. The van der Waals surface area contributed by atoms with E-state index in [1.54, 1.807) is 18.7 Å². The Balaban J connectivity index is 1.84. The Bertz CT molecular complexity index is 521. The van der Waals surface area contributed by atoms with Gasteiger partial charge in [-0.2, -0.15) is 0 Å². The summed E-state index contributed by atoms with van der Waals surface area (Å²) in [5.74, 6) is 0. The van der Waals surface area contributed by atoms with Gasteiger partial charge in [0.2, 0.25) is 10.0 Å². The molecule has 1 heterocycles. The lowest BCUT2D eigenvalue weighted by atomic mass is 10.2. The molecule has 0 unspecified atom stereocenters. The lowest BCUT2D eigenvalue weighted by Gasteiger charge is -2.22. The van der Waals surface area contributed by atoms with Gasteiger partial charge in [0, 0.05) is 31.2 Å². The molecular weight excluding hydrogens is 316 g/mol. The molecule has 7 nitrogen and oxygen atoms in total. The van der Waals surface area contributed by atoms with Crippen LogP contribution in [-0.4, -0.2) is 74.8 Å². The number of nitrogens with zero attached hydrogens (tertiary/aromatic N) is 2. The van der Waals surface area contributed by atoms with E-state index in [9.17, 15) is 13.2 Å². The van der Waals surface area contributed by atoms with Crippen molar-refractivity contribution in [1.82, 2.24) is 19.8 Å². The first-order valence-corrected chi connectivity index (χ1v) is 9.96. The van der Waals surface area contributed by atoms with E-state index < -0.39 is 15.3 Å². The zero-order valence-corrected chi connectivity index (χ0v) is 15.4. The first-order chi connectivity index (χ1) is 10.7. The third-order valence-electron chi connectivity index (χ3n) is 4.73. The Hall–Kier alpha value is -0.860.